The summed E-state index contributed by atoms with van der Waals surface area (Å²) < 4.78 is 0. The quantitative estimate of drug-likeness (QED) is 0.598. The number of hydrogen-bond donors (Lipinski definition) is 2. The standard InChI is InChI=1S/C9H18O2/c1-5(2)7-4-6(3)8(10)9(7)11/h5-11H,4H2,1-3H3/t6-,7-,8+,9-/m1/s1. The predicted octanol–water partition coefficient (Wildman–Crippen LogP) is 1.02. The van der Waals surface area contributed by atoms with Gasteiger partial charge < -0.3 is 10.2 Å². The first-order valence-corrected chi connectivity index (χ1v) is 4.40. The van der Waals surface area contributed by atoms with Crippen molar-refractivity contribution in [3.63, 3.8) is 0 Å². The molecule has 1 saturated carbocycles. The van der Waals surface area contributed by atoms with E-state index >= 15 is 0 Å². The summed E-state index contributed by atoms with van der Waals surface area (Å²) in [6.45, 7) is 6.19. The van der Waals surface area contributed by atoms with Crippen LogP contribution in [0.2, 0.25) is 0 Å². The van der Waals surface area contributed by atoms with Crippen LogP contribution in [0.1, 0.15) is 27.2 Å². The molecule has 11 heavy (non-hydrogen) atoms. The van der Waals surface area contributed by atoms with E-state index in [-0.39, 0.29) is 5.92 Å². The van der Waals surface area contributed by atoms with Crippen LogP contribution in [-0.2, 0) is 0 Å². The number of aliphatic hydroxyl groups excluding tert-OH is 2. The summed E-state index contributed by atoms with van der Waals surface area (Å²) in [7, 11) is 0. The molecule has 1 aliphatic rings. The minimum absolute atomic E-state index is 0.261. The van der Waals surface area contributed by atoms with Crippen molar-refractivity contribution in [2.75, 3.05) is 0 Å². The van der Waals surface area contributed by atoms with Crippen molar-refractivity contribution in [3.05, 3.63) is 0 Å². The molecule has 0 radical (unpaired) electrons. The second kappa shape index (κ2) is 3.11. The summed E-state index contributed by atoms with van der Waals surface area (Å²) >= 11 is 0. The van der Waals surface area contributed by atoms with Crippen molar-refractivity contribution in [1.82, 2.24) is 0 Å². The SMILES string of the molecule is CC(C)[C@H]1C[C@@H](C)[C@H](O)[C@@H]1O. The molecule has 2 nitrogen and oxygen atoms in total. The van der Waals surface area contributed by atoms with Crippen LogP contribution in [0.15, 0.2) is 0 Å². The normalized spacial score (nSPS) is 45.3. The second-order valence-electron chi connectivity index (χ2n) is 4.10. The third-order valence-corrected chi connectivity index (χ3v) is 2.87. The van der Waals surface area contributed by atoms with E-state index in [4.69, 9.17) is 0 Å². The smallest absolute Gasteiger partial charge is 0.0832 e. The molecule has 66 valence electrons. The number of aliphatic hydroxyl groups is 2. The van der Waals surface area contributed by atoms with E-state index in [1.54, 1.807) is 0 Å². The Labute approximate surface area is 68.2 Å². The fourth-order valence-corrected chi connectivity index (χ4v) is 1.96. The largest absolute Gasteiger partial charge is 0.390 e. The van der Waals surface area contributed by atoms with Gasteiger partial charge in [0.25, 0.3) is 0 Å². The molecule has 2 N–H and O–H groups in total. The molecule has 0 heterocycles. The van der Waals surface area contributed by atoms with Crippen LogP contribution < -0.4 is 0 Å². The first-order valence-electron chi connectivity index (χ1n) is 4.40. The van der Waals surface area contributed by atoms with Crippen molar-refractivity contribution in [2.24, 2.45) is 17.8 Å². The van der Waals surface area contributed by atoms with Gasteiger partial charge in [-0.3, -0.25) is 0 Å². The lowest BCUT2D eigenvalue weighted by Gasteiger charge is -2.19. The van der Waals surface area contributed by atoms with E-state index in [9.17, 15) is 10.2 Å². The van der Waals surface area contributed by atoms with E-state index in [1.165, 1.54) is 0 Å². The van der Waals surface area contributed by atoms with Gasteiger partial charge in [-0.1, -0.05) is 20.8 Å². The fraction of sp³-hybridized carbons (Fsp3) is 1.00. The van der Waals surface area contributed by atoms with E-state index < -0.39 is 12.2 Å². The Morgan fingerprint density at radius 2 is 1.73 bits per heavy atom. The highest BCUT2D eigenvalue weighted by Crippen LogP contribution is 2.35. The molecule has 2 heteroatoms. The average molecular weight is 158 g/mol. The van der Waals surface area contributed by atoms with Gasteiger partial charge in [0.15, 0.2) is 0 Å². The van der Waals surface area contributed by atoms with E-state index in [1.807, 2.05) is 6.92 Å². The molecule has 0 amide bonds. The molecule has 0 spiro atoms. The summed E-state index contributed by atoms with van der Waals surface area (Å²) in [5, 5.41) is 19.0. The van der Waals surface area contributed by atoms with Crippen LogP contribution in [0.4, 0.5) is 0 Å². The lowest BCUT2D eigenvalue weighted by molar-refractivity contribution is -0.00137. The molecule has 1 aliphatic carbocycles. The monoisotopic (exact) mass is 158 g/mol. The summed E-state index contributed by atoms with van der Waals surface area (Å²) in [4.78, 5) is 0. The Morgan fingerprint density at radius 1 is 1.18 bits per heavy atom. The van der Waals surface area contributed by atoms with Crippen molar-refractivity contribution in [2.45, 2.75) is 39.4 Å². The van der Waals surface area contributed by atoms with Gasteiger partial charge in [0.1, 0.15) is 0 Å². The lowest BCUT2D eigenvalue weighted by atomic mass is 9.92. The van der Waals surface area contributed by atoms with E-state index in [0.29, 0.717) is 11.8 Å². The average Bonchev–Trinajstić information content (AvgIpc) is 2.17. The van der Waals surface area contributed by atoms with Gasteiger partial charge in [-0.25, -0.2) is 0 Å². The highest BCUT2D eigenvalue weighted by molar-refractivity contribution is 4.90. The first-order chi connectivity index (χ1) is 5.04. The van der Waals surface area contributed by atoms with Crippen LogP contribution in [0.5, 0.6) is 0 Å². The summed E-state index contributed by atoms with van der Waals surface area (Å²) in [6.07, 6.45) is -0.0348. The van der Waals surface area contributed by atoms with E-state index in [2.05, 4.69) is 13.8 Å². The molecular weight excluding hydrogens is 140 g/mol. The van der Waals surface area contributed by atoms with Crippen LogP contribution in [-0.4, -0.2) is 22.4 Å². The maximum atomic E-state index is 9.55. The second-order valence-corrected chi connectivity index (χ2v) is 4.10. The van der Waals surface area contributed by atoms with Crippen molar-refractivity contribution in [1.29, 1.82) is 0 Å². The third-order valence-electron chi connectivity index (χ3n) is 2.87. The Kier molecular flexibility index (Phi) is 2.55. The molecule has 0 aromatic carbocycles. The highest BCUT2D eigenvalue weighted by atomic mass is 16.3. The highest BCUT2D eigenvalue weighted by Gasteiger charge is 2.39. The molecule has 0 aromatic rings. The van der Waals surface area contributed by atoms with Gasteiger partial charge in [0, 0.05) is 0 Å². The Bertz CT molecular complexity index is 134. The van der Waals surface area contributed by atoms with Gasteiger partial charge in [-0.05, 0) is 24.2 Å². The van der Waals surface area contributed by atoms with Crippen LogP contribution in [0.3, 0.4) is 0 Å². The molecule has 0 aliphatic heterocycles. The Balaban J connectivity index is 2.59. The van der Waals surface area contributed by atoms with Gasteiger partial charge in [-0.2, -0.15) is 0 Å². The third kappa shape index (κ3) is 1.57. The summed E-state index contributed by atoms with van der Waals surface area (Å²) in [5.74, 6) is 1.03. The Morgan fingerprint density at radius 3 is 1.91 bits per heavy atom. The van der Waals surface area contributed by atoms with Crippen LogP contribution >= 0.6 is 0 Å². The van der Waals surface area contributed by atoms with Gasteiger partial charge in [0.2, 0.25) is 0 Å². The van der Waals surface area contributed by atoms with Crippen LogP contribution in [0.25, 0.3) is 0 Å². The zero-order valence-electron chi connectivity index (χ0n) is 7.49. The van der Waals surface area contributed by atoms with Gasteiger partial charge in [0.05, 0.1) is 12.2 Å². The molecular formula is C9H18O2. The topological polar surface area (TPSA) is 40.5 Å². The molecule has 0 bridgehead atoms. The molecule has 1 fully saturated rings. The van der Waals surface area contributed by atoms with Gasteiger partial charge in [-0.15, -0.1) is 0 Å². The number of hydrogen-bond acceptors (Lipinski definition) is 2. The zero-order chi connectivity index (χ0) is 8.59. The molecule has 0 saturated heterocycles. The minimum atomic E-state index is -0.498. The van der Waals surface area contributed by atoms with Crippen LogP contribution in [0, 0.1) is 17.8 Å². The molecule has 4 atom stereocenters. The Hall–Kier alpha value is -0.0800. The zero-order valence-corrected chi connectivity index (χ0v) is 7.49. The number of rotatable bonds is 1. The minimum Gasteiger partial charge on any atom is -0.390 e. The molecule has 1 rings (SSSR count). The van der Waals surface area contributed by atoms with Crippen molar-refractivity contribution >= 4 is 0 Å². The summed E-state index contributed by atoms with van der Waals surface area (Å²) in [5.41, 5.74) is 0. The summed E-state index contributed by atoms with van der Waals surface area (Å²) in [6, 6.07) is 0. The maximum Gasteiger partial charge on any atom is 0.0832 e. The van der Waals surface area contributed by atoms with Gasteiger partial charge >= 0.3 is 0 Å². The molecule has 0 aromatic heterocycles. The fourth-order valence-electron chi connectivity index (χ4n) is 1.96. The maximum absolute atomic E-state index is 9.55. The van der Waals surface area contributed by atoms with Crippen molar-refractivity contribution < 1.29 is 10.2 Å². The van der Waals surface area contributed by atoms with E-state index in [0.717, 1.165) is 6.42 Å². The van der Waals surface area contributed by atoms with Crippen molar-refractivity contribution in [3.8, 4) is 0 Å². The first kappa shape index (κ1) is 9.01. The molecule has 0 unspecified atom stereocenters. The predicted molar refractivity (Wildman–Crippen MR) is 44.1 cm³/mol. The lowest BCUT2D eigenvalue weighted by Crippen LogP contribution is -2.29.